The monoisotopic (exact) mass is 302 g/mol. The molecule has 1 N–H and O–H groups in total. The van der Waals surface area contributed by atoms with E-state index in [1.165, 1.54) is 0 Å². The summed E-state index contributed by atoms with van der Waals surface area (Å²) in [4.78, 5) is 24.2. The lowest BCUT2D eigenvalue weighted by molar-refractivity contribution is -0.141. The Kier molecular flexibility index (Phi) is 5.05. The van der Waals surface area contributed by atoms with Crippen molar-refractivity contribution >= 4 is 11.8 Å². The molecule has 2 rings (SSSR count). The van der Waals surface area contributed by atoms with Gasteiger partial charge in [0.15, 0.2) is 5.78 Å². The van der Waals surface area contributed by atoms with Crippen LogP contribution < -0.4 is 0 Å². The quantitative estimate of drug-likeness (QED) is 0.818. The van der Waals surface area contributed by atoms with Crippen molar-refractivity contribution in [1.29, 1.82) is 0 Å². The number of benzene rings is 1. The molecule has 1 aromatic carbocycles. The molecule has 120 valence electrons. The van der Waals surface area contributed by atoms with Crippen molar-refractivity contribution in [3.05, 3.63) is 34.9 Å². The molecule has 0 heterocycles. The fourth-order valence-corrected chi connectivity index (χ4v) is 3.70. The maximum Gasteiger partial charge on any atom is 0.306 e. The van der Waals surface area contributed by atoms with E-state index in [0.717, 1.165) is 42.4 Å². The smallest absolute Gasteiger partial charge is 0.306 e. The van der Waals surface area contributed by atoms with Crippen LogP contribution in [-0.2, 0) is 17.6 Å². The van der Waals surface area contributed by atoms with Gasteiger partial charge in [-0.15, -0.1) is 0 Å². The number of ketones is 1. The summed E-state index contributed by atoms with van der Waals surface area (Å²) in [6.07, 6.45) is 4.52. The molecule has 1 atom stereocenters. The largest absolute Gasteiger partial charge is 0.481 e. The van der Waals surface area contributed by atoms with Crippen molar-refractivity contribution in [2.45, 2.75) is 59.3 Å². The Morgan fingerprint density at radius 2 is 1.95 bits per heavy atom. The van der Waals surface area contributed by atoms with E-state index in [0.29, 0.717) is 12.8 Å². The molecule has 0 fully saturated rings. The lowest BCUT2D eigenvalue weighted by Gasteiger charge is -2.23. The maximum atomic E-state index is 12.8. The van der Waals surface area contributed by atoms with Crippen LogP contribution in [0.1, 0.15) is 67.9 Å². The van der Waals surface area contributed by atoms with Crippen molar-refractivity contribution in [3.8, 4) is 0 Å². The fraction of sp³-hybridized carbons (Fsp3) is 0.579. The molecule has 0 radical (unpaired) electrons. The van der Waals surface area contributed by atoms with Gasteiger partial charge in [-0.1, -0.05) is 45.4 Å². The van der Waals surface area contributed by atoms with Crippen molar-refractivity contribution in [3.63, 3.8) is 0 Å². The molecule has 3 nitrogen and oxygen atoms in total. The summed E-state index contributed by atoms with van der Waals surface area (Å²) in [6, 6.07) is 5.81. The van der Waals surface area contributed by atoms with Crippen LogP contribution in [0.2, 0.25) is 0 Å². The van der Waals surface area contributed by atoms with Crippen molar-refractivity contribution in [2.75, 3.05) is 0 Å². The summed E-state index contributed by atoms with van der Waals surface area (Å²) >= 11 is 0. The van der Waals surface area contributed by atoms with Crippen LogP contribution >= 0.6 is 0 Å². The van der Waals surface area contributed by atoms with E-state index in [2.05, 4.69) is 13.8 Å². The molecule has 22 heavy (non-hydrogen) atoms. The predicted molar refractivity (Wildman–Crippen MR) is 87.2 cm³/mol. The number of carbonyl (C=O) groups is 2. The number of fused-ring (bicyclic) bond motifs is 1. The van der Waals surface area contributed by atoms with Gasteiger partial charge in [-0.3, -0.25) is 9.59 Å². The Morgan fingerprint density at radius 1 is 1.27 bits per heavy atom. The van der Waals surface area contributed by atoms with Gasteiger partial charge in [-0.2, -0.15) is 0 Å². The highest BCUT2D eigenvalue weighted by atomic mass is 16.4. The summed E-state index contributed by atoms with van der Waals surface area (Å²) in [5.74, 6) is -0.845. The number of aliphatic carboxylic acids is 1. The molecule has 1 unspecified atom stereocenters. The van der Waals surface area contributed by atoms with Crippen molar-refractivity contribution in [2.24, 2.45) is 11.3 Å². The first-order chi connectivity index (χ1) is 10.5. The molecular formula is C19H26O3. The summed E-state index contributed by atoms with van der Waals surface area (Å²) in [6.45, 7) is 6.16. The van der Waals surface area contributed by atoms with Gasteiger partial charge in [0, 0.05) is 11.0 Å². The third kappa shape index (κ3) is 2.81. The second-order valence-electron chi connectivity index (χ2n) is 6.46. The normalized spacial score (nSPS) is 17.3. The minimum absolute atomic E-state index is 0.247. The van der Waals surface area contributed by atoms with Gasteiger partial charge in [0.25, 0.3) is 0 Å². The van der Waals surface area contributed by atoms with Gasteiger partial charge in [-0.25, -0.2) is 0 Å². The van der Waals surface area contributed by atoms with Crippen LogP contribution in [0.5, 0.6) is 0 Å². The molecule has 3 heteroatoms. The van der Waals surface area contributed by atoms with Gasteiger partial charge in [0.05, 0.1) is 5.92 Å². The zero-order chi connectivity index (χ0) is 16.3. The van der Waals surface area contributed by atoms with E-state index < -0.39 is 5.97 Å². The van der Waals surface area contributed by atoms with Crippen molar-refractivity contribution in [1.82, 2.24) is 0 Å². The topological polar surface area (TPSA) is 54.4 Å². The second-order valence-corrected chi connectivity index (χ2v) is 6.46. The molecule has 0 aromatic heterocycles. The first-order valence-electron chi connectivity index (χ1n) is 8.37. The van der Waals surface area contributed by atoms with E-state index in [-0.39, 0.29) is 17.1 Å². The lowest BCUT2D eigenvalue weighted by atomic mass is 9.78. The summed E-state index contributed by atoms with van der Waals surface area (Å²) in [5, 5.41) is 9.39. The van der Waals surface area contributed by atoms with Crippen molar-refractivity contribution < 1.29 is 14.7 Å². The number of hydrogen-bond donors (Lipinski definition) is 1. The van der Waals surface area contributed by atoms with Crippen LogP contribution in [0.4, 0.5) is 0 Å². The van der Waals surface area contributed by atoms with Crippen LogP contribution in [0.25, 0.3) is 0 Å². The number of rotatable bonds is 7. The zero-order valence-corrected chi connectivity index (χ0v) is 13.8. The number of Topliss-reactive ketones (excluding diaryl/α,β-unsaturated/α-hetero) is 1. The van der Waals surface area contributed by atoms with Gasteiger partial charge >= 0.3 is 5.97 Å². The van der Waals surface area contributed by atoms with E-state index in [1.807, 2.05) is 25.1 Å². The van der Waals surface area contributed by atoms with Gasteiger partial charge in [-0.05, 0) is 43.2 Å². The first-order valence-corrected chi connectivity index (χ1v) is 8.37. The summed E-state index contributed by atoms with van der Waals surface area (Å²) < 4.78 is 0. The molecule has 0 spiro atoms. The SMILES string of the molecule is CCCC(Cc1cccc2c1CC(CC)(CC)C2=O)C(=O)O. The van der Waals surface area contributed by atoms with Crippen LogP contribution in [-0.4, -0.2) is 16.9 Å². The Labute approximate surface area is 132 Å². The second kappa shape index (κ2) is 6.64. The molecular weight excluding hydrogens is 276 g/mol. The van der Waals surface area contributed by atoms with Gasteiger partial charge < -0.3 is 5.11 Å². The summed E-state index contributed by atoms with van der Waals surface area (Å²) in [5.41, 5.74) is 2.69. The highest BCUT2D eigenvalue weighted by Crippen LogP contribution is 2.43. The molecule has 0 amide bonds. The van der Waals surface area contributed by atoms with Crippen LogP contribution in [0.3, 0.4) is 0 Å². The molecule has 0 aliphatic heterocycles. The Balaban J connectivity index is 2.36. The first kappa shape index (κ1) is 16.7. The van der Waals surface area contributed by atoms with Gasteiger partial charge in [0.2, 0.25) is 0 Å². The lowest BCUT2D eigenvalue weighted by Crippen LogP contribution is -2.26. The number of hydrogen-bond acceptors (Lipinski definition) is 2. The minimum Gasteiger partial charge on any atom is -0.481 e. The number of carboxylic acids is 1. The fourth-order valence-electron chi connectivity index (χ4n) is 3.70. The molecule has 0 bridgehead atoms. The van der Waals surface area contributed by atoms with E-state index in [9.17, 15) is 14.7 Å². The highest BCUT2D eigenvalue weighted by Gasteiger charge is 2.43. The molecule has 0 saturated heterocycles. The Hall–Kier alpha value is -1.64. The zero-order valence-electron chi connectivity index (χ0n) is 13.8. The minimum atomic E-state index is -0.735. The molecule has 1 aliphatic carbocycles. The van der Waals surface area contributed by atoms with E-state index >= 15 is 0 Å². The van der Waals surface area contributed by atoms with Gasteiger partial charge in [0.1, 0.15) is 0 Å². The molecule has 0 saturated carbocycles. The average molecular weight is 302 g/mol. The average Bonchev–Trinajstić information content (AvgIpc) is 2.81. The molecule has 1 aliphatic rings. The third-order valence-electron chi connectivity index (χ3n) is 5.32. The maximum absolute atomic E-state index is 12.8. The highest BCUT2D eigenvalue weighted by molar-refractivity contribution is 6.05. The van der Waals surface area contributed by atoms with E-state index in [4.69, 9.17) is 0 Å². The number of carboxylic acid groups (broad SMARTS) is 1. The molecule has 1 aromatic rings. The standard InChI is InChI=1S/C19H26O3/c1-4-8-14(18(21)22)11-13-9-7-10-15-16(13)12-19(5-2,6-3)17(15)20/h7,9-10,14H,4-6,8,11-12H2,1-3H3,(H,21,22). The van der Waals surface area contributed by atoms with Crippen LogP contribution in [0, 0.1) is 11.3 Å². The Bertz CT molecular complexity index is 570. The summed E-state index contributed by atoms with van der Waals surface area (Å²) in [7, 11) is 0. The van der Waals surface area contributed by atoms with E-state index in [1.54, 1.807) is 0 Å². The third-order valence-corrected chi connectivity index (χ3v) is 5.32. The predicted octanol–water partition coefficient (Wildman–Crippen LogP) is 4.28. The van der Waals surface area contributed by atoms with Crippen LogP contribution in [0.15, 0.2) is 18.2 Å². The number of carbonyl (C=O) groups excluding carboxylic acids is 1. The Morgan fingerprint density at radius 3 is 2.50 bits per heavy atom.